The third-order valence-corrected chi connectivity index (χ3v) is 3.78. The molecule has 0 aromatic carbocycles. The summed E-state index contributed by atoms with van der Waals surface area (Å²) in [7, 11) is 4.06. The first kappa shape index (κ1) is 11.8. The van der Waals surface area contributed by atoms with Gasteiger partial charge in [0.25, 0.3) is 0 Å². The van der Waals surface area contributed by atoms with E-state index in [0.717, 1.165) is 43.3 Å². The van der Waals surface area contributed by atoms with Crippen LogP contribution in [0, 0.1) is 0 Å². The molecule has 90 valence electrons. The zero-order valence-corrected chi connectivity index (χ0v) is 10.6. The number of aromatic nitrogens is 2. The predicted molar refractivity (Wildman–Crippen MR) is 64.8 cm³/mol. The van der Waals surface area contributed by atoms with Gasteiger partial charge in [0.2, 0.25) is 0 Å². The summed E-state index contributed by atoms with van der Waals surface area (Å²) in [6.45, 7) is 2.61. The SMILES string of the molecule is CNc1snnc1CN(C)C1CCOCC1. The van der Waals surface area contributed by atoms with Crippen LogP contribution in [-0.4, -0.2) is 47.8 Å². The van der Waals surface area contributed by atoms with Crippen molar-refractivity contribution in [2.45, 2.75) is 25.4 Å². The summed E-state index contributed by atoms with van der Waals surface area (Å²) in [6.07, 6.45) is 2.23. The normalized spacial score (nSPS) is 17.9. The van der Waals surface area contributed by atoms with Crippen molar-refractivity contribution in [2.24, 2.45) is 0 Å². The molecular weight excluding hydrogens is 224 g/mol. The van der Waals surface area contributed by atoms with E-state index in [-0.39, 0.29) is 0 Å². The standard InChI is InChI=1S/C10H18N4OS/c1-11-10-9(12-13-16-10)7-14(2)8-3-5-15-6-4-8/h8,11H,3-7H2,1-2H3. The van der Waals surface area contributed by atoms with Gasteiger partial charge in [0.1, 0.15) is 10.7 Å². The van der Waals surface area contributed by atoms with Crippen molar-refractivity contribution in [1.82, 2.24) is 14.5 Å². The number of anilines is 1. The Balaban J connectivity index is 1.93. The molecule has 1 aromatic rings. The Morgan fingerprint density at radius 3 is 2.94 bits per heavy atom. The first-order valence-electron chi connectivity index (χ1n) is 5.58. The number of ether oxygens (including phenoxy) is 1. The molecule has 0 spiro atoms. The Kier molecular flexibility index (Phi) is 4.09. The van der Waals surface area contributed by atoms with Gasteiger partial charge in [-0.3, -0.25) is 4.90 Å². The number of nitrogens with zero attached hydrogens (tertiary/aromatic N) is 3. The van der Waals surface area contributed by atoms with Crippen LogP contribution in [0.1, 0.15) is 18.5 Å². The van der Waals surface area contributed by atoms with Gasteiger partial charge in [-0.2, -0.15) is 0 Å². The summed E-state index contributed by atoms with van der Waals surface area (Å²) in [5.41, 5.74) is 1.04. The van der Waals surface area contributed by atoms with Crippen molar-refractivity contribution in [3.8, 4) is 0 Å². The van der Waals surface area contributed by atoms with Gasteiger partial charge in [-0.05, 0) is 19.9 Å². The van der Waals surface area contributed by atoms with Gasteiger partial charge < -0.3 is 10.1 Å². The van der Waals surface area contributed by atoms with E-state index in [4.69, 9.17) is 4.74 Å². The molecule has 1 fully saturated rings. The highest BCUT2D eigenvalue weighted by molar-refractivity contribution is 7.10. The van der Waals surface area contributed by atoms with Crippen molar-refractivity contribution in [3.63, 3.8) is 0 Å². The molecule has 0 aliphatic carbocycles. The Bertz CT molecular complexity index is 324. The molecule has 1 aromatic heterocycles. The summed E-state index contributed by atoms with van der Waals surface area (Å²) >= 11 is 1.41. The Morgan fingerprint density at radius 2 is 2.25 bits per heavy atom. The summed E-state index contributed by atoms with van der Waals surface area (Å²) in [5.74, 6) is 0. The molecule has 0 atom stereocenters. The Morgan fingerprint density at radius 1 is 1.50 bits per heavy atom. The second kappa shape index (κ2) is 5.56. The molecule has 16 heavy (non-hydrogen) atoms. The first-order valence-corrected chi connectivity index (χ1v) is 6.35. The predicted octanol–water partition coefficient (Wildman–Crippen LogP) is 1.19. The highest BCUT2D eigenvalue weighted by Crippen LogP contribution is 2.21. The molecule has 0 bridgehead atoms. The van der Waals surface area contributed by atoms with Crippen LogP contribution in [0.2, 0.25) is 0 Å². The summed E-state index contributed by atoms with van der Waals surface area (Å²) in [5, 5.41) is 8.35. The third-order valence-electron chi connectivity index (χ3n) is 3.00. The Labute approximate surface area is 100.0 Å². The maximum atomic E-state index is 5.37. The van der Waals surface area contributed by atoms with Crippen LogP contribution in [0.15, 0.2) is 0 Å². The molecule has 0 amide bonds. The third kappa shape index (κ3) is 2.69. The average molecular weight is 242 g/mol. The largest absolute Gasteiger partial charge is 0.381 e. The van der Waals surface area contributed by atoms with E-state index in [1.54, 1.807) is 0 Å². The van der Waals surface area contributed by atoms with Crippen LogP contribution in [0.4, 0.5) is 5.00 Å². The van der Waals surface area contributed by atoms with Gasteiger partial charge in [-0.25, -0.2) is 0 Å². The molecule has 5 nitrogen and oxygen atoms in total. The van der Waals surface area contributed by atoms with Gasteiger partial charge in [0, 0.05) is 44.4 Å². The van der Waals surface area contributed by atoms with Crippen molar-refractivity contribution in [1.29, 1.82) is 0 Å². The lowest BCUT2D eigenvalue weighted by molar-refractivity contribution is 0.0404. The molecule has 0 unspecified atom stereocenters. The van der Waals surface area contributed by atoms with Gasteiger partial charge >= 0.3 is 0 Å². The number of nitrogens with one attached hydrogen (secondary N) is 1. The second-order valence-corrected chi connectivity index (χ2v) is 4.81. The van der Waals surface area contributed by atoms with Crippen LogP contribution in [0.5, 0.6) is 0 Å². The maximum absolute atomic E-state index is 5.37. The highest BCUT2D eigenvalue weighted by atomic mass is 32.1. The molecule has 2 heterocycles. The lowest BCUT2D eigenvalue weighted by Crippen LogP contribution is -2.36. The van der Waals surface area contributed by atoms with Crippen molar-refractivity contribution < 1.29 is 4.74 Å². The topological polar surface area (TPSA) is 50.3 Å². The summed E-state index contributed by atoms with van der Waals surface area (Å²) < 4.78 is 9.33. The zero-order chi connectivity index (χ0) is 11.4. The second-order valence-electron chi connectivity index (χ2n) is 4.06. The average Bonchev–Trinajstić information content (AvgIpc) is 2.77. The minimum Gasteiger partial charge on any atom is -0.381 e. The van der Waals surface area contributed by atoms with Crippen molar-refractivity contribution in [2.75, 3.05) is 32.6 Å². The quantitative estimate of drug-likeness (QED) is 0.859. The number of hydrogen-bond donors (Lipinski definition) is 1. The molecular formula is C10H18N4OS. The van der Waals surface area contributed by atoms with E-state index in [2.05, 4.69) is 26.9 Å². The number of hydrogen-bond acceptors (Lipinski definition) is 6. The molecule has 1 saturated heterocycles. The van der Waals surface area contributed by atoms with Gasteiger partial charge in [-0.15, -0.1) is 5.10 Å². The van der Waals surface area contributed by atoms with Crippen LogP contribution >= 0.6 is 11.5 Å². The van der Waals surface area contributed by atoms with Crippen LogP contribution in [0.25, 0.3) is 0 Å². The molecule has 6 heteroatoms. The van der Waals surface area contributed by atoms with Crippen LogP contribution in [-0.2, 0) is 11.3 Å². The Hall–Kier alpha value is -0.720. The minimum atomic E-state index is 0.611. The van der Waals surface area contributed by atoms with E-state index >= 15 is 0 Å². The number of rotatable bonds is 4. The molecule has 1 aliphatic rings. The lowest BCUT2D eigenvalue weighted by atomic mass is 10.1. The van der Waals surface area contributed by atoms with E-state index in [0.29, 0.717) is 6.04 Å². The van der Waals surface area contributed by atoms with Crippen LogP contribution < -0.4 is 5.32 Å². The van der Waals surface area contributed by atoms with Crippen LogP contribution in [0.3, 0.4) is 0 Å². The van der Waals surface area contributed by atoms with E-state index in [1.807, 2.05) is 7.05 Å². The van der Waals surface area contributed by atoms with E-state index < -0.39 is 0 Å². The summed E-state index contributed by atoms with van der Waals surface area (Å²) in [6, 6.07) is 0.611. The fourth-order valence-electron chi connectivity index (χ4n) is 1.99. The maximum Gasteiger partial charge on any atom is 0.134 e. The lowest BCUT2D eigenvalue weighted by Gasteiger charge is -2.30. The van der Waals surface area contributed by atoms with E-state index in [1.165, 1.54) is 11.5 Å². The molecule has 0 saturated carbocycles. The molecule has 0 radical (unpaired) electrons. The molecule has 2 rings (SSSR count). The monoisotopic (exact) mass is 242 g/mol. The van der Waals surface area contributed by atoms with Crippen molar-refractivity contribution in [3.05, 3.63) is 5.69 Å². The zero-order valence-electron chi connectivity index (χ0n) is 9.77. The fraction of sp³-hybridized carbons (Fsp3) is 0.800. The highest BCUT2D eigenvalue weighted by Gasteiger charge is 2.20. The van der Waals surface area contributed by atoms with Gasteiger partial charge in [0.05, 0.1) is 0 Å². The van der Waals surface area contributed by atoms with E-state index in [9.17, 15) is 0 Å². The van der Waals surface area contributed by atoms with Gasteiger partial charge in [0.15, 0.2) is 0 Å². The fourth-order valence-corrected chi connectivity index (χ4v) is 2.52. The molecule has 1 aliphatic heterocycles. The minimum absolute atomic E-state index is 0.611. The van der Waals surface area contributed by atoms with Gasteiger partial charge in [-0.1, -0.05) is 4.49 Å². The summed E-state index contributed by atoms with van der Waals surface area (Å²) in [4.78, 5) is 2.35. The smallest absolute Gasteiger partial charge is 0.134 e. The van der Waals surface area contributed by atoms with Crippen molar-refractivity contribution >= 4 is 16.5 Å². The molecule has 1 N–H and O–H groups in total. The first-order chi connectivity index (χ1) is 7.81.